The molecule has 25 heavy (non-hydrogen) atoms. The van der Waals surface area contributed by atoms with E-state index in [0.29, 0.717) is 16.5 Å². The molecule has 0 spiro atoms. The fourth-order valence-corrected chi connectivity index (χ4v) is 2.66. The summed E-state index contributed by atoms with van der Waals surface area (Å²) in [5, 5.41) is 7.20. The zero-order chi connectivity index (χ0) is 17.6. The van der Waals surface area contributed by atoms with Gasteiger partial charge in [-0.25, -0.2) is 14.4 Å². The molecule has 0 saturated carbocycles. The third-order valence-electron chi connectivity index (χ3n) is 3.02. The van der Waals surface area contributed by atoms with Gasteiger partial charge in [0.05, 0.1) is 18.3 Å². The summed E-state index contributed by atoms with van der Waals surface area (Å²) in [6, 6.07) is 5.62. The molecule has 2 N–H and O–H groups in total. The maximum Gasteiger partial charge on any atom is 0.277 e. The number of nitrogens with one attached hydrogen (secondary N) is 2. The molecule has 0 aliphatic rings. The molecule has 0 unspecified atom stereocenters. The number of benzene rings is 1. The van der Waals surface area contributed by atoms with Crippen molar-refractivity contribution in [1.29, 1.82) is 0 Å². The van der Waals surface area contributed by atoms with E-state index in [1.807, 2.05) is 0 Å². The second-order valence-corrected chi connectivity index (χ2v) is 5.78. The standard InChI is InChI=1S/C16H12FN5O2S/c17-10-2-1-3-11(6-10)20-14(23)7-12-9-25-16(21-12)22-15(24)13-8-18-4-5-19-13/h1-6,8-9H,7H2,(H,20,23)(H,21,22,24). The molecule has 2 amide bonds. The molecule has 0 bridgehead atoms. The van der Waals surface area contributed by atoms with Crippen molar-refractivity contribution in [3.63, 3.8) is 0 Å². The Kier molecular flexibility index (Phi) is 5.05. The van der Waals surface area contributed by atoms with Crippen LogP contribution in [-0.4, -0.2) is 26.8 Å². The van der Waals surface area contributed by atoms with Gasteiger partial charge in [0.1, 0.15) is 11.5 Å². The van der Waals surface area contributed by atoms with Gasteiger partial charge in [0.25, 0.3) is 5.91 Å². The number of anilines is 2. The summed E-state index contributed by atoms with van der Waals surface area (Å²) in [6.07, 6.45) is 4.23. The molecule has 7 nitrogen and oxygen atoms in total. The fraction of sp³-hybridized carbons (Fsp3) is 0.0625. The van der Waals surface area contributed by atoms with Crippen molar-refractivity contribution in [2.24, 2.45) is 0 Å². The number of carbonyl (C=O) groups is 2. The van der Waals surface area contributed by atoms with Gasteiger partial charge in [0.15, 0.2) is 5.13 Å². The Labute approximate surface area is 146 Å². The van der Waals surface area contributed by atoms with Gasteiger partial charge in [-0.05, 0) is 18.2 Å². The third-order valence-corrected chi connectivity index (χ3v) is 3.82. The van der Waals surface area contributed by atoms with Crippen LogP contribution in [0.3, 0.4) is 0 Å². The number of halogens is 1. The summed E-state index contributed by atoms with van der Waals surface area (Å²) >= 11 is 1.19. The average Bonchev–Trinajstić information content (AvgIpc) is 3.02. The van der Waals surface area contributed by atoms with Crippen molar-refractivity contribution in [3.05, 3.63) is 65.4 Å². The number of nitrogens with zero attached hydrogens (tertiary/aromatic N) is 3. The predicted octanol–water partition coefficient (Wildman–Crippen LogP) is 2.51. The highest BCUT2D eigenvalue weighted by molar-refractivity contribution is 7.14. The molecule has 0 atom stereocenters. The summed E-state index contributed by atoms with van der Waals surface area (Å²) in [5.41, 5.74) is 1.04. The molecule has 0 aliphatic heterocycles. The van der Waals surface area contributed by atoms with Crippen LogP contribution in [-0.2, 0) is 11.2 Å². The fourth-order valence-electron chi connectivity index (χ4n) is 1.96. The Hall–Kier alpha value is -3.20. The molecular weight excluding hydrogens is 345 g/mol. The van der Waals surface area contributed by atoms with E-state index in [9.17, 15) is 14.0 Å². The lowest BCUT2D eigenvalue weighted by Crippen LogP contribution is -2.15. The quantitative estimate of drug-likeness (QED) is 0.731. The van der Waals surface area contributed by atoms with Gasteiger partial charge in [-0.1, -0.05) is 6.07 Å². The molecule has 3 rings (SSSR count). The van der Waals surface area contributed by atoms with E-state index in [-0.39, 0.29) is 18.0 Å². The average molecular weight is 357 g/mol. The normalized spacial score (nSPS) is 10.3. The molecule has 2 aromatic heterocycles. The van der Waals surface area contributed by atoms with Gasteiger partial charge in [-0.3, -0.25) is 19.9 Å². The van der Waals surface area contributed by atoms with Crippen molar-refractivity contribution >= 4 is 34.0 Å². The molecule has 1 aromatic carbocycles. The molecule has 0 radical (unpaired) electrons. The van der Waals surface area contributed by atoms with Crippen molar-refractivity contribution in [3.8, 4) is 0 Å². The van der Waals surface area contributed by atoms with Crippen LogP contribution in [0.1, 0.15) is 16.2 Å². The van der Waals surface area contributed by atoms with E-state index in [1.54, 1.807) is 11.4 Å². The topological polar surface area (TPSA) is 96.9 Å². The highest BCUT2D eigenvalue weighted by atomic mass is 32.1. The van der Waals surface area contributed by atoms with E-state index >= 15 is 0 Å². The number of amides is 2. The molecular formula is C16H12FN5O2S. The highest BCUT2D eigenvalue weighted by Gasteiger charge is 2.12. The van der Waals surface area contributed by atoms with Gasteiger partial charge in [-0.15, -0.1) is 11.3 Å². The minimum atomic E-state index is -0.432. The van der Waals surface area contributed by atoms with Crippen molar-refractivity contribution in [2.75, 3.05) is 10.6 Å². The molecule has 0 fully saturated rings. The maximum atomic E-state index is 13.1. The Morgan fingerprint density at radius 2 is 2.08 bits per heavy atom. The van der Waals surface area contributed by atoms with Crippen LogP contribution >= 0.6 is 11.3 Å². The van der Waals surface area contributed by atoms with Crippen molar-refractivity contribution in [1.82, 2.24) is 15.0 Å². The van der Waals surface area contributed by atoms with Gasteiger partial charge in [-0.2, -0.15) is 0 Å². The lowest BCUT2D eigenvalue weighted by Gasteiger charge is -2.03. The summed E-state index contributed by atoms with van der Waals surface area (Å²) in [4.78, 5) is 35.8. The molecule has 9 heteroatoms. The van der Waals surface area contributed by atoms with E-state index in [0.717, 1.165) is 0 Å². The van der Waals surface area contributed by atoms with Gasteiger partial charge in [0.2, 0.25) is 5.91 Å². The summed E-state index contributed by atoms with van der Waals surface area (Å²) in [5.74, 6) is -1.19. The monoisotopic (exact) mass is 357 g/mol. The first-order chi connectivity index (χ1) is 12.1. The Bertz CT molecular complexity index is 900. The van der Waals surface area contributed by atoms with Crippen molar-refractivity contribution < 1.29 is 14.0 Å². The first kappa shape index (κ1) is 16.7. The number of hydrogen-bond acceptors (Lipinski definition) is 6. The van der Waals surface area contributed by atoms with Gasteiger partial charge >= 0.3 is 0 Å². The number of thiazole rings is 1. The second kappa shape index (κ2) is 7.58. The van der Waals surface area contributed by atoms with Crippen LogP contribution in [0, 0.1) is 5.82 Å². The summed E-state index contributed by atoms with van der Waals surface area (Å²) in [7, 11) is 0. The Morgan fingerprint density at radius 1 is 1.20 bits per heavy atom. The van der Waals surface area contributed by atoms with Crippen LogP contribution in [0.2, 0.25) is 0 Å². The van der Waals surface area contributed by atoms with Crippen LogP contribution < -0.4 is 10.6 Å². The maximum absolute atomic E-state index is 13.1. The SMILES string of the molecule is O=C(Cc1csc(NC(=O)c2cnccn2)n1)Nc1cccc(F)c1. The lowest BCUT2D eigenvalue weighted by atomic mass is 10.3. The van der Waals surface area contributed by atoms with Crippen LogP contribution in [0.5, 0.6) is 0 Å². The first-order valence-corrected chi connectivity index (χ1v) is 8.05. The minimum absolute atomic E-state index is 0.00796. The minimum Gasteiger partial charge on any atom is -0.326 e. The van der Waals surface area contributed by atoms with Crippen LogP contribution in [0.15, 0.2) is 48.2 Å². The lowest BCUT2D eigenvalue weighted by molar-refractivity contribution is -0.115. The molecule has 0 aliphatic carbocycles. The number of carbonyl (C=O) groups excluding carboxylic acids is 2. The largest absolute Gasteiger partial charge is 0.326 e. The predicted molar refractivity (Wildman–Crippen MR) is 90.8 cm³/mol. The summed E-state index contributed by atoms with van der Waals surface area (Å²) in [6.45, 7) is 0. The van der Waals surface area contributed by atoms with E-state index in [1.165, 1.54) is 48.1 Å². The zero-order valence-electron chi connectivity index (χ0n) is 12.8. The molecule has 0 saturated heterocycles. The number of aromatic nitrogens is 3. The van der Waals surface area contributed by atoms with Gasteiger partial charge in [0, 0.05) is 23.5 Å². The highest BCUT2D eigenvalue weighted by Crippen LogP contribution is 2.17. The van der Waals surface area contributed by atoms with E-state index < -0.39 is 11.7 Å². The molecule has 3 aromatic rings. The smallest absolute Gasteiger partial charge is 0.277 e. The number of hydrogen-bond donors (Lipinski definition) is 2. The molecule has 126 valence electrons. The first-order valence-electron chi connectivity index (χ1n) is 7.17. The van der Waals surface area contributed by atoms with Crippen molar-refractivity contribution in [2.45, 2.75) is 6.42 Å². The summed E-state index contributed by atoms with van der Waals surface area (Å²) < 4.78 is 13.1. The van der Waals surface area contributed by atoms with Gasteiger partial charge < -0.3 is 5.32 Å². The molecule has 2 heterocycles. The number of rotatable bonds is 5. The van der Waals surface area contributed by atoms with E-state index in [4.69, 9.17) is 0 Å². The Morgan fingerprint density at radius 3 is 2.84 bits per heavy atom. The zero-order valence-corrected chi connectivity index (χ0v) is 13.6. The Balaban J connectivity index is 1.58. The second-order valence-electron chi connectivity index (χ2n) is 4.92. The van der Waals surface area contributed by atoms with E-state index in [2.05, 4.69) is 25.6 Å². The van der Waals surface area contributed by atoms with Crippen LogP contribution in [0.25, 0.3) is 0 Å². The third kappa shape index (κ3) is 4.64. The van der Waals surface area contributed by atoms with Crippen LogP contribution in [0.4, 0.5) is 15.2 Å².